The molecular weight excluding hydrogens is 356 g/mol. The minimum Gasteiger partial charge on any atom is -0.459 e. The molecule has 0 heterocycles. The van der Waals surface area contributed by atoms with Crippen LogP contribution >= 0.6 is 0 Å². The van der Waals surface area contributed by atoms with Crippen molar-refractivity contribution in [3.63, 3.8) is 0 Å². The first kappa shape index (κ1) is 21.6. The molecule has 1 aliphatic rings. The molecule has 150 valence electrons. The van der Waals surface area contributed by atoms with Crippen LogP contribution in [0.1, 0.15) is 58.3 Å². The standard InChI is InChI=1S/C23H28O5/c1-21(2,3)27-19(25)17-13-10-14-23(15-17,20(26)28-22(4,5)6)18(24)16-11-8-7-9-12-16/h7-14H,15H2,1-6H3. The molecule has 5 nitrogen and oxygen atoms in total. The van der Waals surface area contributed by atoms with Gasteiger partial charge in [-0.05, 0) is 41.5 Å². The summed E-state index contributed by atoms with van der Waals surface area (Å²) < 4.78 is 11.0. The number of ketones is 1. The zero-order valence-electron chi connectivity index (χ0n) is 17.4. The monoisotopic (exact) mass is 384 g/mol. The number of benzene rings is 1. The van der Waals surface area contributed by atoms with Crippen molar-refractivity contribution in [2.75, 3.05) is 0 Å². The van der Waals surface area contributed by atoms with E-state index in [0.29, 0.717) is 5.56 Å². The van der Waals surface area contributed by atoms with Crippen LogP contribution in [0.15, 0.2) is 54.1 Å². The summed E-state index contributed by atoms with van der Waals surface area (Å²) in [7, 11) is 0. The Labute approximate surface area is 166 Å². The Morgan fingerprint density at radius 2 is 1.46 bits per heavy atom. The first-order valence-electron chi connectivity index (χ1n) is 9.29. The summed E-state index contributed by atoms with van der Waals surface area (Å²) in [6.45, 7) is 10.5. The molecule has 0 radical (unpaired) electrons. The van der Waals surface area contributed by atoms with Crippen molar-refractivity contribution in [2.24, 2.45) is 5.41 Å². The van der Waals surface area contributed by atoms with E-state index in [0.717, 1.165) is 0 Å². The molecule has 0 saturated carbocycles. The molecule has 0 spiro atoms. The van der Waals surface area contributed by atoms with E-state index in [2.05, 4.69) is 0 Å². The van der Waals surface area contributed by atoms with Crippen molar-refractivity contribution in [1.82, 2.24) is 0 Å². The summed E-state index contributed by atoms with van der Waals surface area (Å²) >= 11 is 0. The highest BCUT2D eigenvalue weighted by Crippen LogP contribution is 2.38. The van der Waals surface area contributed by atoms with E-state index in [-0.39, 0.29) is 12.0 Å². The molecule has 0 fully saturated rings. The third-order valence-electron chi connectivity index (χ3n) is 4.01. The van der Waals surface area contributed by atoms with E-state index in [4.69, 9.17) is 9.47 Å². The molecule has 0 N–H and O–H groups in total. The first-order chi connectivity index (χ1) is 12.8. The summed E-state index contributed by atoms with van der Waals surface area (Å²) in [5.74, 6) is -1.64. The zero-order chi connectivity index (χ0) is 21.2. The summed E-state index contributed by atoms with van der Waals surface area (Å²) in [6.07, 6.45) is 4.54. The van der Waals surface area contributed by atoms with Crippen LogP contribution in [0.5, 0.6) is 0 Å². The van der Waals surface area contributed by atoms with Crippen LogP contribution in [0.25, 0.3) is 0 Å². The second-order valence-electron chi connectivity index (χ2n) is 8.90. The molecule has 1 unspecified atom stereocenters. The van der Waals surface area contributed by atoms with E-state index in [1.54, 1.807) is 84.0 Å². The molecule has 0 saturated heterocycles. The number of Topliss-reactive ketones (excluding diaryl/α,β-unsaturated/α-hetero) is 1. The number of carbonyl (C=O) groups excluding carboxylic acids is 3. The minimum absolute atomic E-state index is 0.110. The SMILES string of the molecule is CC(C)(C)OC(=O)C1=CC=CC(C(=O)OC(C)(C)C)(C(=O)c2ccccc2)C1. The predicted octanol–water partition coefficient (Wildman–Crippen LogP) is 4.43. The smallest absolute Gasteiger partial charge is 0.334 e. The molecule has 0 aromatic heterocycles. The van der Waals surface area contributed by atoms with Crippen LogP contribution in [0.2, 0.25) is 0 Å². The van der Waals surface area contributed by atoms with Gasteiger partial charge < -0.3 is 9.47 Å². The van der Waals surface area contributed by atoms with Gasteiger partial charge >= 0.3 is 11.9 Å². The van der Waals surface area contributed by atoms with Gasteiger partial charge in [0.25, 0.3) is 0 Å². The molecule has 28 heavy (non-hydrogen) atoms. The number of hydrogen-bond donors (Lipinski definition) is 0. The lowest BCUT2D eigenvalue weighted by Gasteiger charge is -2.33. The van der Waals surface area contributed by atoms with Gasteiger partial charge in [-0.2, -0.15) is 0 Å². The Kier molecular flexibility index (Phi) is 5.97. The van der Waals surface area contributed by atoms with Gasteiger partial charge in [-0.25, -0.2) is 4.79 Å². The number of ether oxygens (including phenoxy) is 2. The first-order valence-corrected chi connectivity index (χ1v) is 9.29. The highest BCUT2D eigenvalue weighted by atomic mass is 16.6. The summed E-state index contributed by atoms with van der Waals surface area (Å²) in [5, 5.41) is 0. The van der Waals surface area contributed by atoms with Crippen molar-refractivity contribution < 1.29 is 23.9 Å². The number of allylic oxidation sites excluding steroid dienone is 2. The number of rotatable bonds is 4. The maximum Gasteiger partial charge on any atom is 0.334 e. The summed E-state index contributed by atoms with van der Waals surface area (Å²) in [6, 6.07) is 8.54. The molecule has 5 heteroatoms. The molecule has 1 aromatic carbocycles. The average Bonchev–Trinajstić information content (AvgIpc) is 2.59. The van der Waals surface area contributed by atoms with Gasteiger partial charge in [0.15, 0.2) is 11.2 Å². The van der Waals surface area contributed by atoms with Crippen LogP contribution in [0, 0.1) is 5.41 Å². The van der Waals surface area contributed by atoms with Crippen LogP contribution in [0.4, 0.5) is 0 Å². The molecule has 1 atom stereocenters. The molecule has 1 aromatic rings. The third kappa shape index (κ3) is 5.18. The molecule has 2 rings (SSSR count). The molecule has 0 aliphatic heterocycles. The lowest BCUT2D eigenvalue weighted by atomic mass is 9.72. The Bertz CT molecular complexity index is 819. The van der Waals surface area contributed by atoms with Crippen molar-refractivity contribution in [2.45, 2.75) is 59.2 Å². The molecular formula is C23H28O5. The van der Waals surface area contributed by atoms with Gasteiger partial charge in [0, 0.05) is 17.6 Å². The Balaban J connectivity index is 2.45. The lowest BCUT2D eigenvalue weighted by Crippen LogP contribution is -2.44. The van der Waals surface area contributed by atoms with Gasteiger partial charge in [-0.3, -0.25) is 9.59 Å². The van der Waals surface area contributed by atoms with Crippen molar-refractivity contribution in [3.8, 4) is 0 Å². The van der Waals surface area contributed by atoms with E-state index < -0.39 is 34.3 Å². The summed E-state index contributed by atoms with van der Waals surface area (Å²) in [5.41, 5.74) is -2.44. The number of esters is 2. The van der Waals surface area contributed by atoms with E-state index in [9.17, 15) is 14.4 Å². The molecule has 1 aliphatic carbocycles. The van der Waals surface area contributed by atoms with Crippen LogP contribution in [-0.2, 0) is 19.1 Å². The summed E-state index contributed by atoms with van der Waals surface area (Å²) in [4.78, 5) is 39.1. The highest BCUT2D eigenvalue weighted by Gasteiger charge is 2.49. The van der Waals surface area contributed by atoms with Crippen molar-refractivity contribution >= 4 is 17.7 Å². The number of hydrogen-bond acceptors (Lipinski definition) is 5. The Morgan fingerprint density at radius 3 is 2.00 bits per heavy atom. The maximum atomic E-state index is 13.4. The van der Waals surface area contributed by atoms with Gasteiger partial charge in [-0.1, -0.05) is 48.6 Å². The minimum atomic E-state index is -1.62. The maximum absolute atomic E-state index is 13.4. The quantitative estimate of drug-likeness (QED) is 0.436. The van der Waals surface area contributed by atoms with E-state index >= 15 is 0 Å². The topological polar surface area (TPSA) is 69.7 Å². The molecule has 0 bridgehead atoms. The van der Waals surface area contributed by atoms with Crippen molar-refractivity contribution in [1.29, 1.82) is 0 Å². The Morgan fingerprint density at radius 1 is 0.893 bits per heavy atom. The normalized spacial score (nSPS) is 19.6. The number of carbonyl (C=O) groups is 3. The van der Waals surface area contributed by atoms with Gasteiger partial charge in [0.2, 0.25) is 0 Å². The third-order valence-corrected chi connectivity index (χ3v) is 4.01. The lowest BCUT2D eigenvalue weighted by molar-refractivity contribution is -0.162. The van der Waals surface area contributed by atoms with Crippen molar-refractivity contribution in [3.05, 3.63) is 59.7 Å². The second-order valence-corrected chi connectivity index (χ2v) is 8.90. The highest BCUT2D eigenvalue weighted by molar-refractivity contribution is 6.15. The fourth-order valence-electron chi connectivity index (χ4n) is 2.84. The fourth-order valence-corrected chi connectivity index (χ4v) is 2.84. The van der Waals surface area contributed by atoms with E-state index in [1.165, 1.54) is 6.08 Å². The van der Waals surface area contributed by atoms with Gasteiger partial charge in [-0.15, -0.1) is 0 Å². The Hall–Kier alpha value is -2.69. The van der Waals surface area contributed by atoms with Crippen LogP contribution in [-0.4, -0.2) is 28.9 Å². The fraction of sp³-hybridized carbons (Fsp3) is 0.435. The molecule has 0 amide bonds. The van der Waals surface area contributed by atoms with Crippen LogP contribution in [0.3, 0.4) is 0 Å². The van der Waals surface area contributed by atoms with Gasteiger partial charge in [0.1, 0.15) is 11.2 Å². The predicted molar refractivity (Wildman–Crippen MR) is 107 cm³/mol. The second kappa shape index (κ2) is 7.74. The van der Waals surface area contributed by atoms with Gasteiger partial charge in [0.05, 0.1) is 0 Å². The zero-order valence-corrected chi connectivity index (χ0v) is 17.4. The average molecular weight is 384 g/mol. The largest absolute Gasteiger partial charge is 0.459 e. The van der Waals surface area contributed by atoms with E-state index in [1.807, 2.05) is 0 Å². The van der Waals surface area contributed by atoms with Crippen LogP contribution < -0.4 is 0 Å².